The number of benzene rings is 1. The maximum absolute atomic E-state index is 12.1. The van der Waals surface area contributed by atoms with Crippen molar-refractivity contribution in [2.75, 3.05) is 5.32 Å². The smallest absolute Gasteiger partial charge is 0.405 e. The van der Waals surface area contributed by atoms with Gasteiger partial charge in [0, 0.05) is 19.8 Å². The molecule has 1 heterocycles. The Bertz CT molecular complexity index is 598. The van der Waals surface area contributed by atoms with Crippen LogP contribution in [-0.2, 0) is 13.6 Å². The lowest BCUT2D eigenvalue weighted by Crippen LogP contribution is -2.17. The average Bonchev–Trinajstić information content (AvgIpc) is 2.74. The van der Waals surface area contributed by atoms with E-state index < -0.39 is 6.36 Å². The van der Waals surface area contributed by atoms with E-state index in [2.05, 4.69) is 31.1 Å². The molecule has 2 rings (SSSR count). The van der Waals surface area contributed by atoms with Crippen LogP contribution >= 0.6 is 15.9 Å². The van der Waals surface area contributed by atoms with E-state index in [-0.39, 0.29) is 10.2 Å². The van der Waals surface area contributed by atoms with Crippen molar-refractivity contribution in [1.29, 1.82) is 0 Å². The van der Waals surface area contributed by atoms with E-state index in [4.69, 9.17) is 0 Å². The Kier molecular flexibility index (Phi) is 4.22. The molecule has 0 bridgehead atoms. The number of hydrogen-bond donors (Lipinski definition) is 1. The number of halogens is 4. The second-order valence-corrected chi connectivity index (χ2v) is 4.92. The summed E-state index contributed by atoms with van der Waals surface area (Å²) in [7, 11) is 1.80. The highest BCUT2D eigenvalue weighted by molar-refractivity contribution is 9.10. The lowest BCUT2D eigenvalue weighted by molar-refractivity contribution is -0.274. The van der Waals surface area contributed by atoms with Crippen molar-refractivity contribution in [3.63, 3.8) is 0 Å². The Morgan fingerprint density at radius 3 is 2.70 bits per heavy atom. The lowest BCUT2D eigenvalue weighted by atomic mass is 10.2. The number of alkyl halides is 3. The van der Waals surface area contributed by atoms with Crippen LogP contribution in [0.3, 0.4) is 0 Å². The zero-order valence-electron chi connectivity index (χ0n) is 10.4. The van der Waals surface area contributed by atoms with Crippen LogP contribution < -0.4 is 10.1 Å². The molecule has 20 heavy (non-hydrogen) atoms. The van der Waals surface area contributed by atoms with Gasteiger partial charge < -0.3 is 10.1 Å². The van der Waals surface area contributed by atoms with E-state index in [1.165, 1.54) is 6.07 Å². The number of rotatable bonds is 4. The van der Waals surface area contributed by atoms with Gasteiger partial charge in [-0.05, 0) is 33.6 Å². The SMILES string of the molecule is Cn1cc(NCc2ccc(OC(F)(F)F)c(Br)c2)cn1. The zero-order valence-corrected chi connectivity index (χ0v) is 12.0. The minimum absolute atomic E-state index is 0.250. The number of nitrogens with zero attached hydrogens (tertiary/aromatic N) is 2. The number of aromatic nitrogens is 2. The Morgan fingerprint density at radius 1 is 1.40 bits per heavy atom. The third kappa shape index (κ3) is 4.16. The second kappa shape index (κ2) is 5.74. The van der Waals surface area contributed by atoms with Gasteiger partial charge in [0.15, 0.2) is 0 Å². The average molecular weight is 350 g/mol. The van der Waals surface area contributed by atoms with E-state index in [0.717, 1.165) is 11.3 Å². The maximum Gasteiger partial charge on any atom is 0.573 e. The molecule has 8 heteroatoms. The van der Waals surface area contributed by atoms with Gasteiger partial charge in [0.05, 0.1) is 16.4 Å². The third-order valence-corrected chi connectivity index (χ3v) is 3.04. The molecular formula is C12H11BrF3N3O. The maximum atomic E-state index is 12.1. The quantitative estimate of drug-likeness (QED) is 0.914. The van der Waals surface area contributed by atoms with Gasteiger partial charge in [-0.25, -0.2) is 0 Å². The van der Waals surface area contributed by atoms with Crippen LogP contribution in [0.4, 0.5) is 18.9 Å². The molecule has 0 fully saturated rings. The Hall–Kier alpha value is -1.70. The zero-order chi connectivity index (χ0) is 14.8. The molecule has 0 spiro atoms. The molecule has 0 atom stereocenters. The minimum Gasteiger partial charge on any atom is -0.405 e. The first-order chi connectivity index (χ1) is 9.33. The number of ether oxygens (including phenoxy) is 1. The summed E-state index contributed by atoms with van der Waals surface area (Å²) >= 11 is 3.06. The lowest BCUT2D eigenvalue weighted by Gasteiger charge is -2.11. The van der Waals surface area contributed by atoms with Crippen LogP contribution in [0.25, 0.3) is 0 Å². The van der Waals surface area contributed by atoms with Gasteiger partial charge >= 0.3 is 6.36 Å². The van der Waals surface area contributed by atoms with Gasteiger partial charge in [0.25, 0.3) is 0 Å². The first-order valence-corrected chi connectivity index (χ1v) is 6.39. The van der Waals surface area contributed by atoms with Gasteiger partial charge in [0.2, 0.25) is 0 Å². The number of hydrogen-bond acceptors (Lipinski definition) is 3. The van der Waals surface area contributed by atoms with Crippen molar-refractivity contribution in [2.24, 2.45) is 7.05 Å². The minimum atomic E-state index is -4.70. The van der Waals surface area contributed by atoms with Crippen molar-refractivity contribution in [3.8, 4) is 5.75 Å². The van der Waals surface area contributed by atoms with Crippen LogP contribution in [-0.4, -0.2) is 16.1 Å². The highest BCUT2D eigenvalue weighted by Gasteiger charge is 2.31. The molecule has 0 saturated carbocycles. The Balaban J connectivity index is 2.01. The van der Waals surface area contributed by atoms with E-state index in [0.29, 0.717) is 6.54 Å². The fourth-order valence-electron chi connectivity index (χ4n) is 1.58. The highest BCUT2D eigenvalue weighted by atomic mass is 79.9. The first-order valence-electron chi connectivity index (χ1n) is 5.60. The number of aryl methyl sites for hydroxylation is 1. The summed E-state index contributed by atoms with van der Waals surface area (Å²) in [6, 6.07) is 4.41. The van der Waals surface area contributed by atoms with E-state index in [9.17, 15) is 13.2 Å². The summed E-state index contributed by atoms with van der Waals surface area (Å²) in [5.74, 6) is -0.261. The summed E-state index contributed by atoms with van der Waals surface area (Å²) in [6.45, 7) is 0.469. The second-order valence-electron chi connectivity index (χ2n) is 4.07. The molecule has 0 aliphatic heterocycles. The first kappa shape index (κ1) is 14.7. The van der Waals surface area contributed by atoms with Gasteiger partial charge in [-0.2, -0.15) is 5.10 Å². The Morgan fingerprint density at radius 2 is 2.15 bits per heavy atom. The van der Waals surface area contributed by atoms with Crippen LogP contribution in [0.1, 0.15) is 5.56 Å². The summed E-state index contributed by atoms with van der Waals surface area (Å²) in [5, 5.41) is 7.11. The van der Waals surface area contributed by atoms with E-state index in [1.807, 2.05) is 0 Å². The van der Waals surface area contributed by atoms with Crippen molar-refractivity contribution in [1.82, 2.24) is 9.78 Å². The predicted molar refractivity (Wildman–Crippen MR) is 71.4 cm³/mol. The topological polar surface area (TPSA) is 39.1 Å². The summed E-state index contributed by atoms with van der Waals surface area (Å²) < 4.78 is 42.2. The van der Waals surface area contributed by atoms with E-state index >= 15 is 0 Å². The van der Waals surface area contributed by atoms with Crippen molar-refractivity contribution in [2.45, 2.75) is 12.9 Å². The molecule has 0 amide bonds. The molecule has 108 valence electrons. The predicted octanol–water partition coefficient (Wildman–Crippen LogP) is 3.69. The highest BCUT2D eigenvalue weighted by Crippen LogP contribution is 2.31. The summed E-state index contributed by atoms with van der Waals surface area (Å²) in [5.41, 5.74) is 1.65. The third-order valence-electron chi connectivity index (χ3n) is 2.42. The molecule has 4 nitrogen and oxygen atoms in total. The molecular weight excluding hydrogens is 339 g/mol. The van der Waals surface area contributed by atoms with Crippen molar-refractivity contribution in [3.05, 3.63) is 40.6 Å². The standard InChI is InChI=1S/C12H11BrF3N3O/c1-19-7-9(6-18-19)17-5-8-2-3-11(10(13)4-8)20-12(14,15)16/h2-4,6-7,17H,5H2,1H3. The molecule has 0 aliphatic carbocycles. The van der Waals surface area contributed by atoms with E-state index in [1.54, 1.807) is 36.3 Å². The molecule has 0 unspecified atom stereocenters. The van der Waals surface area contributed by atoms with Gasteiger partial charge in [-0.3, -0.25) is 4.68 Å². The fraction of sp³-hybridized carbons (Fsp3) is 0.250. The van der Waals surface area contributed by atoms with Gasteiger partial charge in [-0.1, -0.05) is 6.07 Å². The summed E-state index contributed by atoms with van der Waals surface area (Å²) in [6.07, 6.45) is -1.23. The molecule has 1 aromatic carbocycles. The Labute approximate surface area is 121 Å². The normalized spacial score (nSPS) is 11.4. The van der Waals surface area contributed by atoms with Gasteiger partial charge in [-0.15, -0.1) is 13.2 Å². The molecule has 0 aliphatic rings. The molecule has 0 radical (unpaired) electrons. The molecule has 2 aromatic rings. The number of anilines is 1. The van der Waals surface area contributed by atoms with Crippen molar-refractivity contribution >= 4 is 21.6 Å². The van der Waals surface area contributed by atoms with Crippen LogP contribution in [0.15, 0.2) is 35.1 Å². The van der Waals surface area contributed by atoms with Crippen LogP contribution in [0.5, 0.6) is 5.75 Å². The fourth-order valence-corrected chi connectivity index (χ4v) is 2.09. The van der Waals surface area contributed by atoms with Crippen LogP contribution in [0.2, 0.25) is 0 Å². The molecule has 1 N–H and O–H groups in total. The van der Waals surface area contributed by atoms with Crippen molar-refractivity contribution < 1.29 is 17.9 Å². The summed E-state index contributed by atoms with van der Waals surface area (Å²) in [4.78, 5) is 0. The molecule has 1 aromatic heterocycles. The van der Waals surface area contributed by atoms with Crippen LogP contribution in [0, 0.1) is 0 Å². The molecule has 0 saturated heterocycles. The largest absolute Gasteiger partial charge is 0.573 e. The monoisotopic (exact) mass is 349 g/mol. The number of nitrogens with one attached hydrogen (secondary N) is 1. The van der Waals surface area contributed by atoms with Gasteiger partial charge in [0.1, 0.15) is 5.75 Å².